The average Bonchev–Trinajstić information content (AvgIpc) is 2.41. The van der Waals surface area contributed by atoms with Crippen LogP contribution < -0.4 is 0 Å². The molecule has 0 amide bonds. The average molecular weight is 321 g/mol. The van der Waals surface area contributed by atoms with Crippen molar-refractivity contribution in [1.82, 2.24) is 0 Å². The highest BCUT2D eigenvalue weighted by molar-refractivity contribution is 8.13. The van der Waals surface area contributed by atoms with E-state index in [2.05, 4.69) is 0 Å². The first-order valence-corrected chi connectivity index (χ1v) is 9.07. The molecular weight excluding hydrogens is 300 g/mol. The zero-order valence-corrected chi connectivity index (χ0v) is 13.4. The van der Waals surface area contributed by atoms with E-state index in [4.69, 9.17) is 20.2 Å². The Morgan fingerprint density at radius 3 is 2.40 bits per heavy atom. The third kappa shape index (κ3) is 7.24. The molecule has 1 aromatic carbocycles. The van der Waals surface area contributed by atoms with Crippen LogP contribution in [0.2, 0.25) is 0 Å². The molecule has 1 rings (SSSR count). The second-order valence-corrected chi connectivity index (χ2v) is 7.44. The molecule has 0 spiro atoms. The zero-order valence-electron chi connectivity index (χ0n) is 11.8. The van der Waals surface area contributed by atoms with Gasteiger partial charge in [-0.05, 0) is 19.4 Å². The lowest BCUT2D eigenvalue weighted by atomic mass is 10.0. The van der Waals surface area contributed by atoms with E-state index in [1.807, 2.05) is 44.2 Å². The quantitative estimate of drug-likeness (QED) is 0.657. The summed E-state index contributed by atoms with van der Waals surface area (Å²) in [4.78, 5) is 0. The van der Waals surface area contributed by atoms with Crippen LogP contribution in [0.3, 0.4) is 0 Å². The Hall–Kier alpha value is -0.620. The van der Waals surface area contributed by atoms with Gasteiger partial charge < -0.3 is 9.47 Å². The molecule has 0 fully saturated rings. The molecule has 2 atom stereocenters. The minimum absolute atomic E-state index is 0.0841. The monoisotopic (exact) mass is 320 g/mol. The molecule has 0 aliphatic carbocycles. The molecule has 2 unspecified atom stereocenters. The first kappa shape index (κ1) is 17.4. The standard InChI is InChI=1S/C14H21ClO4S/c1-3-18-9-12(2)19-10-14(11-20(15,16)17)13-7-5-4-6-8-13/h4-8,12,14H,3,9-11H2,1-2H3. The van der Waals surface area contributed by atoms with Crippen LogP contribution in [0.25, 0.3) is 0 Å². The molecule has 0 saturated heterocycles. The number of halogens is 1. The van der Waals surface area contributed by atoms with Gasteiger partial charge in [-0.25, -0.2) is 8.42 Å². The van der Waals surface area contributed by atoms with Gasteiger partial charge in [0.1, 0.15) is 0 Å². The van der Waals surface area contributed by atoms with Crippen LogP contribution in [0.5, 0.6) is 0 Å². The first-order valence-electron chi connectivity index (χ1n) is 6.59. The highest BCUT2D eigenvalue weighted by atomic mass is 35.7. The van der Waals surface area contributed by atoms with Crippen LogP contribution in [0.4, 0.5) is 0 Å². The Morgan fingerprint density at radius 2 is 1.85 bits per heavy atom. The minimum Gasteiger partial charge on any atom is -0.379 e. The van der Waals surface area contributed by atoms with E-state index >= 15 is 0 Å². The van der Waals surface area contributed by atoms with Gasteiger partial charge in [0, 0.05) is 23.2 Å². The molecule has 4 nitrogen and oxygen atoms in total. The maximum absolute atomic E-state index is 11.3. The van der Waals surface area contributed by atoms with Crippen molar-refractivity contribution in [2.24, 2.45) is 0 Å². The van der Waals surface area contributed by atoms with Crippen molar-refractivity contribution in [1.29, 1.82) is 0 Å². The summed E-state index contributed by atoms with van der Waals surface area (Å²) in [6, 6.07) is 9.38. The van der Waals surface area contributed by atoms with Crippen molar-refractivity contribution in [2.45, 2.75) is 25.9 Å². The van der Waals surface area contributed by atoms with Crippen molar-refractivity contribution in [2.75, 3.05) is 25.6 Å². The fourth-order valence-electron chi connectivity index (χ4n) is 1.82. The van der Waals surface area contributed by atoms with Crippen molar-refractivity contribution >= 4 is 19.7 Å². The lowest BCUT2D eigenvalue weighted by Crippen LogP contribution is -2.22. The molecule has 0 aromatic heterocycles. The van der Waals surface area contributed by atoms with Gasteiger partial charge in [-0.1, -0.05) is 30.3 Å². The summed E-state index contributed by atoms with van der Waals surface area (Å²) in [5.74, 6) is -0.414. The summed E-state index contributed by atoms with van der Waals surface area (Å²) in [5, 5.41) is 0. The molecule has 0 heterocycles. The predicted molar refractivity (Wildman–Crippen MR) is 80.7 cm³/mol. The van der Waals surface area contributed by atoms with E-state index in [-0.39, 0.29) is 17.8 Å². The smallest absolute Gasteiger partial charge is 0.233 e. The molecule has 1 aromatic rings. The SMILES string of the molecule is CCOCC(C)OCC(CS(=O)(=O)Cl)c1ccccc1. The van der Waals surface area contributed by atoms with Crippen molar-refractivity contribution in [3.63, 3.8) is 0 Å². The van der Waals surface area contributed by atoms with Gasteiger partial charge in [0.15, 0.2) is 0 Å². The maximum atomic E-state index is 11.3. The Kier molecular flexibility index (Phi) is 7.51. The number of hydrogen-bond acceptors (Lipinski definition) is 4. The lowest BCUT2D eigenvalue weighted by molar-refractivity contribution is -0.00716. The molecule has 20 heavy (non-hydrogen) atoms. The summed E-state index contributed by atoms with van der Waals surface area (Å²) in [5.41, 5.74) is 0.903. The Bertz CT molecular complexity index is 475. The maximum Gasteiger partial charge on any atom is 0.233 e. The van der Waals surface area contributed by atoms with Gasteiger partial charge in [0.2, 0.25) is 9.05 Å². The van der Waals surface area contributed by atoms with Crippen LogP contribution in [0.15, 0.2) is 30.3 Å². The Labute approximate surface area is 125 Å². The second kappa shape index (κ2) is 8.62. The van der Waals surface area contributed by atoms with E-state index in [0.717, 1.165) is 5.56 Å². The van der Waals surface area contributed by atoms with Crippen LogP contribution in [0.1, 0.15) is 25.3 Å². The van der Waals surface area contributed by atoms with E-state index in [0.29, 0.717) is 19.8 Å². The molecule has 0 radical (unpaired) electrons. The van der Waals surface area contributed by atoms with E-state index < -0.39 is 9.05 Å². The topological polar surface area (TPSA) is 52.6 Å². The van der Waals surface area contributed by atoms with Gasteiger partial charge >= 0.3 is 0 Å². The molecule has 6 heteroatoms. The molecule has 0 aliphatic rings. The second-order valence-electron chi connectivity index (χ2n) is 4.62. The summed E-state index contributed by atoms with van der Waals surface area (Å²) in [6.45, 7) is 5.23. The number of rotatable bonds is 9. The first-order chi connectivity index (χ1) is 9.42. The van der Waals surface area contributed by atoms with E-state index in [1.165, 1.54) is 0 Å². The van der Waals surface area contributed by atoms with Gasteiger partial charge in [0.25, 0.3) is 0 Å². The van der Waals surface area contributed by atoms with E-state index in [1.54, 1.807) is 0 Å². The summed E-state index contributed by atoms with van der Waals surface area (Å²) in [7, 11) is 1.79. The molecular formula is C14H21ClO4S. The van der Waals surface area contributed by atoms with Crippen molar-refractivity contribution < 1.29 is 17.9 Å². The van der Waals surface area contributed by atoms with E-state index in [9.17, 15) is 8.42 Å². The largest absolute Gasteiger partial charge is 0.379 e. The summed E-state index contributed by atoms with van der Waals surface area (Å²) < 4.78 is 33.6. The van der Waals surface area contributed by atoms with Crippen LogP contribution in [-0.2, 0) is 18.5 Å². The van der Waals surface area contributed by atoms with Crippen LogP contribution in [-0.4, -0.2) is 40.1 Å². The van der Waals surface area contributed by atoms with Crippen molar-refractivity contribution in [3.8, 4) is 0 Å². The molecule has 0 N–H and O–H groups in total. The van der Waals surface area contributed by atoms with Crippen LogP contribution in [0, 0.1) is 0 Å². The third-order valence-corrected chi connectivity index (χ3v) is 3.99. The number of ether oxygens (including phenoxy) is 2. The van der Waals surface area contributed by atoms with Gasteiger partial charge in [-0.15, -0.1) is 0 Å². The fraction of sp³-hybridized carbons (Fsp3) is 0.571. The molecule has 114 valence electrons. The normalized spacial score (nSPS) is 14.9. The lowest BCUT2D eigenvalue weighted by Gasteiger charge is -2.19. The van der Waals surface area contributed by atoms with Gasteiger partial charge in [-0.2, -0.15) is 0 Å². The fourth-order valence-corrected chi connectivity index (χ4v) is 3.04. The minimum atomic E-state index is -3.58. The third-order valence-electron chi connectivity index (χ3n) is 2.81. The Balaban J connectivity index is 2.65. The number of benzene rings is 1. The highest BCUT2D eigenvalue weighted by Gasteiger charge is 2.20. The molecule has 0 saturated carbocycles. The zero-order chi connectivity index (χ0) is 15.0. The van der Waals surface area contributed by atoms with Gasteiger partial charge in [0.05, 0.1) is 25.1 Å². The highest BCUT2D eigenvalue weighted by Crippen LogP contribution is 2.20. The summed E-state index contributed by atoms with van der Waals surface area (Å²) in [6.07, 6.45) is -0.0841. The van der Waals surface area contributed by atoms with Gasteiger partial charge in [-0.3, -0.25) is 0 Å². The summed E-state index contributed by atoms with van der Waals surface area (Å²) >= 11 is 0. The van der Waals surface area contributed by atoms with Crippen LogP contribution >= 0.6 is 10.7 Å². The molecule has 0 bridgehead atoms. The number of hydrogen-bond donors (Lipinski definition) is 0. The van der Waals surface area contributed by atoms with Crippen molar-refractivity contribution in [3.05, 3.63) is 35.9 Å². The predicted octanol–water partition coefficient (Wildman–Crippen LogP) is 2.78. The Morgan fingerprint density at radius 1 is 1.20 bits per heavy atom. The molecule has 0 aliphatic heterocycles.